The van der Waals surface area contributed by atoms with E-state index in [1.807, 2.05) is 30.5 Å². The zero-order valence-corrected chi connectivity index (χ0v) is 12.4. The summed E-state index contributed by atoms with van der Waals surface area (Å²) in [6.45, 7) is 0.801. The van der Waals surface area contributed by atoms with Crippen molar-refractivity contribution in [2.75, 3.05) is 0 Å². The molecule has 0 amide bonds. The van der Waals surface area contributed by atoms with Gasteiger partial charge in [0.25, 0.3) is 0 Å². The van der Waals surface area contributed by atoms with Crippen LogP contribution in [0.5, 0.6) is 0 Å². The molecule has 21 heavy (non-hydrogen) atoms. The summed E-state index contributed by atoms with van der Waals surface area (Å²) < 4.78 is 5.88. The Morgan fingerprint density at radius 3 is 3.10 bits per heavy atom. The second kappa shape index (κ2) is 5.44. The van der Waals surface area contributed by atoms with Crippen LogP contribution >= 0.6 is 11.6 Å². The summed E-state index contributed by atoms with van der Waals surface area (Å²) in [5, 5.41) is 11.6. The first-order chi connectivity index (χ1) is 10.3. The first kappa shape index (κ1) is 13.3. The fourth-order valence-corrected chi connectivity index (χ4v) is 3.62. The number of hydrogen-bond donors (Lipinski definition) is 2. The number of nitrogens with zero attached hydrogens (tertiary/aromatic N) is 1. The lowest BCUT2D eigenvalue weighted by Crippen LogP contribution is -2.37. The molecule has 0 aliphatic carbocycles. The Hall–Kier alpha value is -1.36. The van der Waals surface area contributed by atoms with Crippen molar-refractivity contribution in [3.63, 3.8) is 0 Å². The van der Waals surface area contributed by atoms with Crippen LogP contribution in [0.3, 0.4) is 0 Å². The maximum absolute atomic E-state index is 6.07. The van der Waals surface area contributed by atoms with Gasteiger partial charge in [-0.3, -0.25) is 5.10 Å². The number of ether oxygens (including phenoxy) is 1. The molecule has 2 aliphatic heterocycles. The van der Waals surface area contributed by atoms with E-state index < -0.39 is 0 Å². The number of fused-ring (bicyclic) bond motifs is 2. The summed E-state index contributed by atoms with van der Waals surface area (Å²) in [4.78, 5) is 0. The Morgan fingerprint density at radius 1 is 1.38 bits per heavy atom. The van der Waals surface area contributed by atoms with Crippen LogP contribution in [0, 0.1) is 0 Å². The molecule has 0 saturated carbocycles. The van der Waals surface area contributed by atoms with Gasteiger partial charge < -0.3 is 10.1 Å². The maximum Gasteiger partial charge on any atom is 0.0733 e. The Balaban J connectivity index is 1.48. The summed E-state index contributed by atoms with van der Waals surface area (Å²) in [6.07, 6.45) is 6.31. The van der Waals surface area contributed by atoms with E-state index in [-0.39, 0.29) is 0 Å². The molecule has 0 unspecified atom stereocenters. The SMILES string of the molecule is Clc1cccc(-c2[nH]ncc2CN[C@@H]2C[C@H]3CC[C@H]2O3)c1. The van der Waals surface area contributed by atoms with Crippen LogP contribution in [0.1, 0.15) is 24.8 Å². The molecule has 1 aromatic carbocycles. The maximum atomic E-state index is 6.07. The number of aromatic nitrogens is 2. The van der Waals surface area contributed by atoms with Gasteiger partial charge in [-0.15, -0.1) is 0 Å². The number of hydrogen-bond acceptors (Lipinski definition) is 3. The van der Waals surface area contributed by atoms with Gasteiger partial charge >= 0.3 is 0 Å². The van der Waals surface area contributed by atoms with Crippen LogP contribution in [0.25, 0.3) is 11.3 Å². The van der Waals surface area contributed by atoms with E-state index in [1.165, 1.54) is 18.4 Å². The second-order valence-electron chi connectivity index (χ2n) is 5.88. The number of aromatic amines is 1. The first-order valence-electron chi connectivity index (χ1n) is 7.46. The Bertz CT molecular complexity index is 642. The normalized spacial score (nSPS) is 27.4. The summed E-state index contributed by atoms with van der Waals surface area (Å²) >= 11 is 6.07. The molecule has 2 aromatic rings. The van der Waals surface area contributed by atoms with Gasteiger partial charge in [-0.05, 0) is 31.4 Å². The van der Waals surface area contributed by atoms with E-state index in [2.05, 4.69) is 15.5 Å². The lowest BCUT2D eigenvalue weighted by molar-refractivity contribution is 0.0973. The molecule has 2 N–H and O–H groups in total. The van der Waals surface area contributed by atoms with Crippen molar-refractivity contribution in [2.45, 2.75) is 44.1 Å². The van der Waals surface area contributed by atoms with Gasteiger partial charge in [-0.1, -0.05) is 23.7 Å². The first-order valence-corrected chi connectivity index (χ1v) is 7.84. The Labute approximate surface area is 128 Å². The number of H-pyrrole nitrogens is 1. The highest BCUT2D eigenvalue weighted by Gasteiger charge is 2.40. The second-order valence-corrected chi connectivity index (χ2v) is 6.31. The van der Waals surface area contributed by atoms with Crippen molar-refractivity contribution in [3.8, 4) is 11.3 Å². The van der Waals surface area contributed by atoms with Crippen molar-refractivity contribution >= 4 is 11.6 Å². The minimum absolute atomic E-state index is 0.400. The van der Waals surface area contributed by atoms with Gasteiger partial charge in [-0.2, -0.15) is 5.10 Å². The molecule has 5 heteroatoms. The highest BCUT2D eigenvalue weighted by Crippen LogP contribution is 2.34. The van der Waals surface area contributed by atoms with E-state index in [9.17, 15) is 0 Å². The summed E-state index contributed by atoms with van der Waals surface area (Å²) in [6, 6.07) is 8.32. The average molecular weight is 304 g/mol. The molecule has 4 rings (SSSR count). The smallest absolute Gasteiger partial charge is 0.0733 e. The fraction of sp³-hybridized carbons (Fsp3) is 0.438. The van der Waals surface area contributed by atoms with Crippen LogP contribution < -0.4 is 5.32 Å². The zero-order valence-electron chi connectivity index (χ0n) is 11.7. The minimum atomic E-state index is 0.400. The standard InChI is InChI=1S/C16H18ClN3O/c17-12-3-1-2-10(6-12)16-11(9-19-20-16)8-18-14-7-13-4-5-15(14)21-13/h1-3,6,9,13-15,18H,4-5,7-8H2,(H,19,20)/t13-,14-,15-/m1/s1. The lowest BCUT2D eigenvalue weighted by Gasteiger charge is -2.20. The van der Waals surface area contributed by atoms with Gasteiger partial charge in [0.1, 0.15) is 0 Å². The molecule has 2 bridgehead atoms. The highest BCUT2D eigenvalue weighted by atomic mass is 35.5. The van der Waals surface area contributed by atoms with Gasteiger partial charge in [0.2, 0.25) is 0 Å². The Morgan fingerprint density at radius 2 is 2.33 bits per heavy atom. The summed E-state index contributed by atoms with van der Waals surface area (Å²) in [5.74, 6) is 0. The van der Waals surface area contributed by atoms with E-state index in [0.29, 0.717) is 18.2 Å². The minimum Gasteiger partial charge on any atom is -0.373 e. The molecular weight excluding hydrogens is 286 g/mol. The predicted molar refractivity (Wildman–Crippen MR) is 82.2 cm³/mol. The summed E-state index contributed by atoms with van der Waals surface area (Å²) in [7, 11) is 0. The largest absolute Gasteiger partial charge is 0.373 e. The third kappa shape index (κ3) is 2.59. The third-order valence-electron chi connectivity index (χ3n) is 4.49. The molecule has 2 fully saturated rings. The number of nitrogens with one attached hydrogen (secondary N) is 2. The zero-order chi connectivity index (χ0) is 14.2. The van der Waals surface area contributed by atoms with Crippen LogP contribution in [0.15, 0.2) is 30.5 Å². The molecule has 1 aromatic heterocycles. The molecule has 2 aliphatic rings. The average Bonchev–Trinajstić information content (AvgIpc) is 3.21. The van der Waals surface area contributed by atoms with Crippen molar-refractivity contribution in [2.24, 2.45) is 0 Å². The number of benzene rings is 1. The lowest BCUT2D eigenvalue weighted by atomic mass is 9.95. The van der Waals surface area contributed by atoms with Gasteiger partial charge in [0, 0.05) is 28.7 Å². The molecule has 0 spiro atoms. The van der Waals surface area contributed by atoms with Crippen molar-refractivity contribution < 1.29 is 4.74 Å². The molecule has 3 atom stereocenters. The summed E-state index contributed by atoms with van der Waals surface area (Å²) in [5.41, 5.74) is 3.27. The topological polar surface area (TPSA) is 49.9 Å². The monoisotopic (exact) mass is 303 g/mol. The Kier molecular flexibility index (Phi) is 3.45. The molecule has 110 valence electrons. The van der Waals surface area contributed by atoms with Crippen LogP contribution in [0.4, 0.5) is 0 Å². The molecule has 0 radical (unpaired) electrons. The van der Waals surface area contributed by atoms with Crippen molar-refractivity contribution in [3.05, 3.63) is 41.0 Å². The van der Waals surface area contributed by atoms with E-state index in [1.54, 1.807) is 0 Å². The van der Waals surface area contributed by atoms with Crippen molar-refractivity contribution in [1.29, 1.82) is 0 Å². The highest BCUT2D eigenvalue weighted by molar-refractivity contribution is 6.30. The molecule has 2 saturated heterocycles. The molecule has 4 nitrogen and oxygen atoms in total. The van der Waals surface area contributed by atoms with Crippen LogP contribution in [-0.2, 0) is 11.3 Å². The van der Waals surface area contributed by atoms with Crippen LogP contribution in [0.2, 0.25) is 5.02 Å². The molecule has 3 heterocycles. The third-order valence-corrected chi connectivity index (χ3v) is 4.73. The van der Waals surface area contributed by atoms with Gasteiger partial charge in [0.05, 0.1) is 24.1 Å². The van der Waals surface area contributed by atoms with E-state index in [4.69, 9.17) is 16.3 Å². The predicted octanol–water partition coefficient (Wildman–Crippen LogP) is 3.14. The van der Waals surface area contributed by atoms with E-state index >= 15 is 0 Å². The fourth-order valence-electron chi connectivity index (χ4n) is 3.43. The molecular formula is C16H18ClN3O. The van der Waals surface area contributed by atoms with Crippen molar-refractivity contribution in [1.82, 2.24) is 15.5 Å². The quantitative estimate of drug-likeness (QED) is 0.912. The van der Waals surface area contributed by atoms with Crippen LogP contribution in [-0.4, -0.2) is 28.4 Å². The van der Waals surface area contributed by atoms with E-state index in [0.717, 1.165) is 29.2 Å². The number of rotatable bonds is 4. The van der Waals surface area contributed by atoms with Gasteiger partial charge in [0.15, 0.2) is 0 Å². The number of halogens is 1. The van der Waals surface area contributed by atoms with Gasteiger partial charge in [-0.25, -0.2) is 0 Å².